The fraction of sp³-hybridized carbons (Fsp3) is 0.571. The summed E-state index contributed by atoms with van der Waals surface area (Å²) in [4.78, 5) is 0. The summed E-state index contributed by atoms with van der Waals surface area (Å²) in [6.45, 7) is 1.43. The molecule has 1 aromatic carbocycles. The van der Waals surface area contributed by atoms with Crippen LogP contribution in [0.3, 0.4) is 0 Å². The summed E-state index contributed by atoms with van der Waals surface area (Å²) >= 11 is 0. The van der Waals surface area contributed by atoms with Crippen LogP contribution in [0.15, 0.2) is 24.3 Å². The fourth-order valence-corrected chi connectivity index (χ4v) is 1.74. The van der Waals surface area contributed by atoms with E-state index in [0.29, 0.717) is 12.3 Å². The van der Waals surface area contributed by atoms with Crippen LogP contribution in [0.25, 0.3) is 0 Å². The van der Waals surface area contributed by atoms with Gasteiger partial charge in [-0.3, -0.25) is 0 Å². The van der Waals surface area contributed by atoms with Crippen molar-refractivity contribution in [2.45, 2.75) is 25.6 Å². The molecule has 1 atom stereocenters. The molecule has 0 aliphatic carbocycles. The Kier molecular flexibility index (Phi) is 6.81. The number of ether oxygens (including phenoxy) is 2. The van der Waals surface area contributed by atoms with E-state index in [2.05, 4.69) is 5.32 Å². The lowest BCUT2D eigenvalue weighted by atomic mass is 10.1. The van der Waals surface area contributed by atoms with Crippen molar-refractivity contribution in [3.63, 3.8) is 0 Å². The molecule has 3 nitrogen and oxygen atoms in total. The molecular weight excluding hydrogens is 271 g/mol. The topological polar surface area (TPSA) is 30.5 Å². The molecule has 0 fully saturated rings. The number of hydrogen-bond acceptors (Lipinski definition) is 3. The minimum atomic E-state index is -4.30. The molecule has 0 spiro atoms. The second kappa shape index (κ2) is 8.11. The van der Waals surface area contributed by atoms with Crippen LogP contribution in [0.4, 0.5) is 13.2 Å². The normalized spacial score (nSPS) is 13.2. The van der Waals surface area contributed by atoms with Crippen molar-refractivity contribution in [1.29, 1.82) is 0 Å². The van der Waals surface area contributed by atoms with E-state index in [9.17, 15) is 13.2 Å². The van der Waals surface area contributed by atoms with E-state index in [1.54, 1.807) is 25.3 Å². The Balaban J connectivity index is 2.67. The second-order valence-electron chi connectivity index (χ2n) is 4.41. The van der Waals surface area contributed by atoms with E-state index in [4.69, 9.17) is 9.47 Å². The lowest BCUT2D eigenvalue weighted by Crippen LogP contribution is -2.28. The maximum Gasteiger partial charge on any atom is 0.411 e. The average molecular weight is 291 g/mol. The minimum absolute atomic E-state index is 0.0350. The van der Waals surface area contributed by atoms with E-state index in [-0.39, 0.29) is 12.6 Å². The lowest BCUT2D eigenvalue weighted by Gasteiger charge is -2.20. The first kappa shape index (κ1) is 16.8. The van der Waals surface area contributed by atoms with E-state index < -0.39 is 12.8 Å². The second-order valence-corrected chi connectivity index (χ2v) is 4.41. The van der Waals surface area contributed by atoms with Crippen molar-refractivity contribution in [2.24, 2.45) is 0 Å². The molecule has 114 valence electrons. The molecule has 0 amide bonds. The van der Waals surface area contributed by atoms with Gasteiger partial charge in [-0.05, 0) is 30.7 Å². The van der Waals surface area contributed by atoms with E-state index in [1.165, 1.54) is 0 Å². The highest BCUT2D eigenvalue weighted by Crippen LogP contribution is 2.21. The molecule has 0 radical (unpaired) electrons. The summed E-state index contributed by atoms with van der Waals surface area (Å²) in [5, 5.41) is 3.18. The average Bonchev–Trinajstić information content (AvgIpc) is 2.41. The van der Waals surface area contributed by atoms with Gasteiger partial charge in [-0.2, -0.15) is 13.2 Å². The molecule has 1 N–H and O–H groups in total. The number of hydrogen-bond donors (Lipinski definition) is 1. The Morgan fingerprint density at radius 1 is 1.30 bits per heavy atom. The number of halogens is 3. The summed E-state index contributed by atoms with van der Waals surface area (Å²) in [6.07, 6.45) is -3.41. The van der Waals surface area contributed by atoms with Gasteiger partial charge in [-0.1, -0.05) is 19.1 Å². The van der Waals surface area contributed by atoms with Gasteiger partial charge in [-0.25, -0.2) is 0 Å². The zero-order valence-corrected chi connectivity index (χ0v) is 11.7. The lowest BCUT2D eigenvalue weighted by molar-refractivity contribution is -0.175. The van der Waals surface area contributed by atoms with E-state index in [1.807, 2.05) is 13.0 Å². The zero-order chi connectivity index (χ0) is 15.0. The highest BCUT2D eigenvalue weighted by atomic mass is 19.4. The number of methoxy groups -OCH3 is 1. The molecule has 0 saturated heterocycles. The molecule has 0 bridgehead atoms. The van der Waals surface area contributed by atoms with Gasteiger partial charge in [0.25, 0.3) is 0 Å². The molecule has 0 heterocycles. The summed E-state index contributed by atoms with van der Waals surface area (Å²) in [5.74, 6) is 0.668. The molecule has 0 aliphatic heterocycles. The summed E-state index contributed by atoms with van der Waals surface area (Å²) in [5.41, 5.74) is 0.847. The molecule has 1 unspecified atom stereocenters. The Bertz CT molecular complexity index is 396. The SMILES string of the molecule is CCCNC(COCC(F)(F)F)c1cccc(OC)c1. The molecule has 6 heteroatoms. The van der Waals surface area contributed by atoms with Gasteiger partial charge in [-0.15, -0.1) is 0 Å². The molecule has 1 aromatic rings. The third-order valence-corrected chi connectivity index (χ3v) is 2.69. The maximum atomic E-state index is 12.1. The third kappa shape index (κ3) is 6.25. The van der Waals surface area contributed by atoms with Gasteiger partial charge < -0.3 is 14.8 Å². The van der Waals surface area contributed by atoms with Crippen molar-refractivity contribution < 1.29 is 22.6 Å². The van der Waals surface area contributed by atoms with Gasteiger partial charge in [0.2, 0.25) is 0 Å². The predicted octanol–water partition coefficient (Wildman–Crippen LogP) is 3.31. The first-order chi connectivity index (χ1) is 9.46. The van der Waals surface area contributed by atoms with Crippen LogP contribution < -0.4 is 10.1 Å². The van der Waals surface area contributed by atoms with Gasteiger partial charge in [0, 0.05) is 0 Å². The van der Waals surface area contributed by atoms with Gasteiger partial charge in [0.1, 0.15) is 12.4 Å². The van der Waals surface area contributed by atoms with Crippen LogP contribution in [0.1, 0.15) is 24.9 Å². The Morgan fingerprint density at radius 2 is 2.05 bits per heavy atom. The van der Waals surface area contributed by atoms with Crippen molar-refractivity contribution in [2.75, 3.05) is 26.9 Å². The summed E-state index contributed by atoms with van der Waals surface area (Å²) in [7, 11) is 1.55. The van der Waals surface area contributed by atoms with E-state index >= 15 is 0 Å². The maximum absolute atomic E-state index is 12.1. The third-order valence-electron chi connectivity index (χ3n) is 2.69. The largest absolute Gasteiger partial charge is 0.497 e. The smallest absolute Gasteiger partial charge is 0.411 e. The number of rotatable bonds is 8. The van der Waals surface area contributed by atoms with Crippen LogP contribution in [0, 0.1) is 0 Å². The molecule has 1 rings (SSSR count). The van der Waals surface area contributed by atoms with Crippen molar-refractivity contribution in [3.05, 3.63) is 29.8 Å². The van der Waals surface area contributed by atoms with E-state index in [0.717, 1.165) is 12.0 Å². The standard InChI is InChI=1S/C14H20F3NO2/c1-3-7-18-13(9-20-10-14(15,16)17)11-5-4-6-12(8-11)19-2/h4-6,8,13,18H,3,7,9-10H2,1-2H3. The van der Waals surface area contributed by atoms with Gasteiger partial charge in [0.05, 0.1) is 19.8 Å². The van der Waals surface area contributed by atoms with Crippen LogP contribution in [0.2, 0.25) is 0 Å². The highest BCUT2D eigenvalue weighted by Gasteiger charge is 2.28. The molecule has 0 saturated carbocycles. The van der Waals surface area contributed by atoms with Crippen LogP contribution in [-0.2, 0) is 4.74 Å². The zero-order valence-electron chi connectivity index (χ0n) is 11.7. The monoisotopic (exact) mass is 291 g/mol. The molecule has 20 heavy (non-hydrogen) atoms. The summed E-state index contributed by atoms with van der Waals surface area (Å²) in [6, 6.07) is 6.94. The number of alkyl halides is 3. The summed E-state index contributed by atoms with van der Waals surface area (Å²) < 4.78 is 46.2. The Hall–Kier alpha value is -1.27. The fourth-order valence-electron chi connectivity index (χ4n) is 1.74. The van der Waals surface area contributed by atoms with Crippen LogP contribution in [-0.4, -0.2) is 33.0 Å². The van der Waals surface area contributed by atoms with Crippen LogP contribution >= 0.6 is 0 Å². The van der Waals surface area contributed by atoms with Gasteiger partial charge >= 0.3 is 6.18 Å². The van der Waals surface area contributed by atoms with Gasteiger partial charge in [0.15, 0.2) is 0 Å². The molecular formula is C14H20F3NO2. The Labute approximate surface area is 117 Å². The van der Waals surface area contributed by atoms with Crippen LogP contribution in [0.5, 0.6) is 5.75 Å². The highest BCUT2D eigenvalue weighted by molar-refractivity contribution is 5.30. The molecule has 0 aliphatic rings. The first-order valence-electron chi connectivity index (χ1n) is 6.48. The Morgan fingerprint density at radius 3 is 2.65 bits per heavy atom. The molecule has 0 aromatic heterocycles. The minimum Gasteiger partial charge on any atom is -0.497 e. The quantitative estimate of drug-likeness (QED) is 0.797. The van der Waals surface area contributed by atoms with Crippen molar-refractivity contribution in [1.82, 2.24) is 5.32 Å². The van der Waals surface area contributed by atoms with Crippen molar-refractivity contribution >= 4 is 0 Å². The number of nitrogens with one attached hydrogen (secondary N) is 1. The first-order valence-corrected chi connectivity index (χ1v) is 6.48. The number of benzene rings is 1. The van der Waals surface area contributed by atoms with Crippen molar-refractivity contribution in [3.8, 4) is 5.75 Å². The predicted molar refractivity (Wildman–Crippen MR) is 70.9 cm³/mol.